The fourth-order valence-corrected chi connectivity index (χ4v) is 4.12. The molecule has 0 radical (unpaired) electrons. The standard InChI is InChI=1S/C22H27N3O2/c1-17-15-18-5-3-4-6-21(18)25(17)16-22(26)24-13-11-23(12-14-24)19-7-9-20(27-2)10-8-19/h3-10,17H,11-16H2,1-2H3/t17-/m1/s1. The Labute approximate surface area is 161 Å². The third kappa shape index (κ3) is 3.59. The van der Waals surface area contributed by atoms with Crippen LogP contribution in [0.3, 0.4) is 0 Å². The second kappa shape index (κ2) is 7.51. The molecular weight excluding hydrogens is 338 g/mol. The molecule has 5 heteroatoms. The minimum absolute atomic E-state index is 0.230. The van der Waals surface area contributed by atoms with Crippen molar-refractivity contribution in [1.29, 1.82) is 0 Å². The van der Waals surface area contributed by atoms with E-state index < -0.39 is 0 Å². The fourth-order valence-electron chi connectivity index (χ4n) is 4.12. The smallest absolute Gasteiger partial charge is 0.242 e. The lowest BCUT2D eigenvalue weighted by atomic mass is 10.1. The number of piperazine rings is 1. The van der Waals surface area contributed by atoms with Gasteiger partial charge in [-0.3, -0.25) is 4.79 Å². The van der Waals surface area contributed by atoms with Gasteiger partial charge in [-0.1, -0.05) is 18.2 Å². The van der Waals surface area contributed by atoms with Gasteiger partial charge in [-0.15, -0.1) is 0 Å². The number of fused-ring (bicyclic) bond motifs is 1. The zero-order valence-corrected chi connectivity index (χ0v) is 16.1. The Morgan fingerprint density at radius 2 is 1.74 bits per heavy atom. The van der Waals surface area contributed by atoms with Crippen LogP contribution in [0, 0.1) is 0 Å². The predicted octanol–water partition coefficient (Wildman–Crippen LogP) is 2.80. The Bertz CT molecular complexity index is 797. The second-order valence-electron chi connectivity index (χ2n) is 7.38. The molecule has 1 saturated heterocycles. The quantitative estimate of drug-likeness (QED) is 0.835. The van der Waals surface area contributed by atoms with E-state index >= 15 is 0 Å². The molecule has 0 bridgehead atoms. The molecular formula is C22H27N3O2. The lowest BCUT2D eigenvalue weighted by molar-refractivity contribution is -0.130. The van der Waals surface area contributed by atoms with Gasteiger partial charge in [0.2, 0.25) is 5.91 Å². The fraction of sp³-hybridized carbons (Fsp3) is 0.409. The van der Waals surface area contributed by atoms with E-state index in [9.17, 15) is 4.79 Å². The first-order chi connectivity index (χ1) is 13.2. The first-order valence-electron chi connectivity index (χ1n) is 9.67. The number of carbonyl (C=O) groups is 1. The second-order valence-corrected chi connectivity index (χ2v) is 7.38. The van der Waals surface area contributed by atoms with E-state index in [0.29, 0.717) is 12.6 Å². The number of nitrogens with zero attached hydrogens (tertiary/aromatic N) is 3. The summed E-state index contributed by atoms with van der Waals surface area (Å²) in [5.41, 5.74) is 3.75. The Balaban J connectivity index is 1.35. The van der Waals surface area contributed by atoms with E-state index in [0.717, 1.165) is 38.3 Å². The van der Waals surface area contributed by atoms with Crippen LogP contribution in [0.5, 0.6) is 5.75 Å². The SMILES string of the molecule is COc1ccc(N2CCN(C(=O)CN3c4ccccc4C[C@H]3C)CC2)cc1. The van der Waals surface area contributed by atoms with Crippen LogP contribution in [0.15, 0.2) is 48.5 Å². The number of para-hydroxylation sites is 1. The first-order valence-corrected chi connectivity index (χ1v) is 9.67. The summed E-state index contributed by atoms with van der Waals surface area (Å²) in [5, 5.41) is 0. The minimum atomic E-state index is 0.230. The van der Waals surface area contributed by atoms with Crippen molar-refractivity contribution in [1.82, 2.24) is 4.90 Å². The highest BCUT2D eigenvalue weighted by Crippen LogP contribution is 2.31. The van der Waals surface area contributed by atoms with E-state index in [2.05, 4.69) is 53.1 Å². The lowest BCUT2D eigenvalue weighted by Gasteiger charge is -2.37. The van der Waals surface area contributed by atoms with Gasteiger partial charge in [0.1, 0.15) is 5.75 Å². The molecule has 2 aromatic rings. The molecule has 142 valence electrons. The van der Waals surface area contributed by atoms with Gasteiger partial charge < -0.3 is 19.4 Å². The molecule has 0 aliphatic carbocycles. The molecule has 4 rings (SSSR count). The van der Waals surface area contributed by atoms with Crippen molar-refractivity contribution >= 4 is 17.3 Å². The summed E-state index contributed by atoms with van der Waals surface area (Å²) in [6.45, 7) is 5.95. The molecule has 2 aromatic carbocycles. The number of hydrogen-bond donors (Lipinski definition) is 0. The summed E-state index contributed by atoms with van der Waals surface area (Å²) in [6, 6.07) is 17.0. The maximum atomic E-state index is 12.9. The summed E-state index contributed by atoms with van der Waals surface area (Å²) >= 11 is 0. The summed E-state index contributed by atoms with van der Waals surface area (Å²) in [5.74, 6) is 1.10. The topological polar surface area (TPSA) is 36.0 Å². The first kappa shape index (κ1) is 17.7. The largest absolute Gasteiger partial charge is 0.497 e. The maximum absolute atomic E-state index is 12.9. The van der Waals surface area contributed by atoms with Crippen molar-refractivity contribution in [2.75, 3.05) is 49.6 Å². The highest BCUT2D eigenvalue weighted by Gasteiger charge is 2.29. The molecule has 0 spiro atoms. The lowest BCUT2D eigenvalue weighted by Crippen LogP contribution is -2.51. The van der Waals surface area contributed by atoms with Crippen molar-refractivity contribution < 1.29 is 9.53 Å². The van der Waals surface area contributed by atoms with Crippen LogP contribution in [-0.4, -0.2) is 56.7 Å². The zero-order chi connectivity index (χ0) is 18.8. The number of ether oxygens (including phenoxy) is 1. The molecule has 0 unspecified atom stereocenters. The third-order valence-electron chi connectivity index (χ3n) is 5.72. The average molecular weight is 365 g/mol. The molecule has 0 N–H and O–H groups in total. The normalized spacial score (nSPS) is 19.2. The highest BCUT2D eigenvalue weighted by molar-refractivity contribution is 5.83. The zero-order valence-electron chi connectivity index (χ0n) is 16.1. The van der Waals surface area contributed by atoms with Crippen LogP contribution in [0.4, 0.5) is 11.4 Å². The molecule has 0 saturated carbocycles. The average Bonchev–Trinajstić information content (AvgIpc) is 3.03. The summed E-state index contributed by atoms with van der Waals surface area (Å²) < 4.78 is 5.23. The van der Waals surface area contributed by atoms with Gasteiger partial charge in [-0.25, -0.2) is 0 Å². The van der Waals surface area contributed by atoms with E-state index in [1.54, 1.807) is 7.11 Å². The van der Waals surface area contributed by atoms with Crippen molar-refractivity contribution in [2.45, 2.75) is 19.4 Å². The summed E-state index contributed by atoms with van der Waals surface area (Å²) in [4.78, 5) is 19.5. The number of benzene rings is 2. The number of hydrogen-bond acceptors (Lipinski definition) is 4. The van der Waals surface area contributed by atoms with Gasteiger partial charge in [-0.2, -0.15) is 0 Å². The van der Waals surface area contributed by atoms with E-state index in [4.69, 9.17) is 4.74 Å². The molecule has 2 heterocycles. The monoisotopic (exact) mass is 365 g/mol. The van der Waals surface area contributed by atoms with Crippen molar-refractivity contribution in [2.24, 2.45) is 0 Å². The van der Waals surface area contributed by atoms with E-state index in [1.807, 2.05) is 17.0 Å². The predicted molar refractivity (Wildman–Crippen MR) is 109 cm³/mol. The molecule has 27 heavy (non-hydrogen) atoms. The van der Waals surface area contributed by atoms with Gasteiger partial charge in [0, 0.05) is 43.6 Å². The summed E-state index contributed by atoms with van der Waals surface area (Å²) in [6.07, 6.45) is 1.02. The molecule has 2 aliphatic rings. The van der Waals surface area contributed by atoms with E-state index in [-0.39, 0.29) is 5.91 Å². The van der Waals surface area contributed by atoms with Gasteiger partial charge in [0.15, 0.2) is 0 Å². The Morgan fingerprint density at radius 1 is 1.04 bits per heavy atom. The van der Waals surface area contributed by atoms with Gasteiger partial charge in [0.05, 0.1) is 13.7 Å². The number of methoxy groups -OCH3 is 1. The van der Waals surface area contributed by atoms with Crippen LogP contribution in [-0.2, 0) is 11.2 Å². The maximum Gasteiger partial charge on any atom is 0.242 e. The van der Waals surface area contributed by atoms with Gasteiger partial charge in [-0.05, 0) is 49.2 Å². The van der Waals surface area contributed by atoms with Crippen molar-refractivity contribution in [3.05, 3.63) is 54.1 Å². The van der Waals surface area contributed by atoms with Crippen LogP contribution in [0.1, 0.15) is 12.5 Å². The van der Waals surface area contributed by atoms with Crippen LogP contribution in [0.25, 0.3) is 0 Å². The van der Waals surface area contributed by atoms with Crippen molar-refractivity contribution in [3.63, 3.8) is 0 Å². The number of amides is 1. The summed E-state index contributed by atoms with van der Waals surface area (Å²) in [7, 11) is 1.68. The molecule has 1 amide bonds. The highest BCUT2D eigenvalue weighted by atomic mass is 16.5. The number of carbonyl (C=O) groups excluding carboxylic acids is 1. The third-order valence-corrected chi connectivity index (χ3v) is 5.72. The number of anilines is 2. The van der Waals surface area contributed by atoms with Crippen LogP contribution >= 0.6 is 0 Å². The molecule has 1 fully saturated rings. The Kier molecular flexibility index (Phi) is 4.92. The molecule has 5 nitrogen and oxygen atoms in total. The molecule has 0 aromatic heterocycles. The van der Waals surface area contributed by atoms with Gasteiger partial charge in [0.25, 0.3) is 0 Å². The Hall–Kier alpha value is -2.69. The van der Waals surface area contributed by atoms with Crippen molar-refractivity contribution in [3.8, 4) is 5.75 Å². The molecule has 2 aliphatic heterocycles. The molecule has 1 atom stereocenters. The van der Waals surface area contributed by atoms with E-state index in [1.165, 1.54) is 16.9 Å². The van der Waals surface area contributed by atoms with Gasteiger partial charge >= 0.3 is 0 Å². The Morgan fingerprint density at radius 3 is 2.44 bits per heavy atom. The minimum Gasteiger partial charge on any atom is -0.497 e. The number of rotatable bonds is 4. The van der Waals surface area contributed by atoms with Crippen LogP contribution < -0.4 is 14.5 Å². The van der Waals surface area contributed by atoms with Crippen LogP contribution in [0.2, 0.25) is 0 Å².